The molecular formula is C29H26FN7O. The largest absolute Gasteiger partial charge is 0.496 e. The van der Waals surface area contributed by atoms with Crippen LogP contribution in [0.3, 0.4) is 0 Å². The highest BCUT2D eigenvalue weighted by molar-refractivity contribution is 5.88. The summed E-state index contributed by atoms with van der Waals surface area (Å²) in [5, 5.41) is 13.5. The molecule has 0 spiro atoms. The van der Waals surface area contributed by atoms with Crippen molar-refractivity contribution in [1.82, 2.24) is 24.1 Å². The number of imidazole rings is 1. The number of aromatic nitrogens is 5. The molecule has 0 bridgehead atoms. The van der Waals surface area contributed by atoms with Crippen LogP contribution in [0.5, 0.6) is 5.75 Å². The van der Waals surface area contributed by atoms with Crippen LogP contribution in [0, 0.1) is 17.1 Å². The number of anilines is 1. The molecule has 2 aromatic carbocycles. The van der Waals surface area contributed by atoms with Gasteiger partial charge in [-0.3, -0.25) is 0 Å². The summed E-state index contributed by atoms with van der Waals surface area (Å²) >= 11 is 0. The van der Waals surface area contributed by atoms with Gasteiger partial charge in [-0.2, -0.15) is 5.26 Å². The van der Waals surface area contributed by atoms with Crippen LogP contribution in [-0.2, 0) is 13.6 Å². The molecule has 1 aliphatic carbocycles. The minimum atomic E-state index is -0.399. The third kappa shape index (κ3) is 4.34. The predicted molar refractivity (Wildman–Crippen MR) is 143 cm³/mol. The van der Waals surface area contributed by atoms with Crippen LogP contribution in [0.1, 0.15) is 30.3 Å². The molecule has 5 aromatic rings. The Kier molecular flexibility index (Phi) is 6.00. The van der Waals surface area contributed by atoms with Crippen molar-refractivity contribution in [3.05, 3.63) is 78.4 Å². The van der Waals surface area contributed by atoms with Gasteiger partial charge in [-0.15, -0.1) is 0 Å². The molecule has 1 aliphatic rings. The van der Waals surface area contributed by atoms with Crippen LogP contribution in [-0.4, -0.2) is 37.7 Å². The summed E-state index contributed by atoms with van der Waals surface area (Å²) < 4.78 is 23.8. The van der Waals surface area contributed by atoms with E-state index in [2.05, 4.69) is 51.3 Å². The second-order valence-electron chi connectivity index (χ2n) is 9.47. The van der Waals surface area contributed by atoms with E-state index in [1.807, 2.05) is 18.2 Å². The Balaban J connectivity index is 1.17. The first-order valence-electron chi connectivity index (χ1n) is 12.5. The van der Waals surface area contributed by atoms with Gasteiger partial charge in [-0.25, -0.2) is 19.3 Å². The fourth-order valence-corrected chi connectivity index (χ4v) is 4.87. The maximum Gasteiger partial charge on any atom is 0.147 e. The number of nitrogens with zero attached hydrogens (tertiary/aromatic N) is 6. The van der Waals surface area contributed by atoms with Crippen LogP contribution in [0.15, 0.2) is 61.1 Å². The lowest BCUT2D eigenvalue weighted by Crippen LogP contribution is -2.13. The van der Waals surface area contributed by atoms with E-state index in [1.54, 1.807) is 16.7 Å². The Bertz CT molecular complexity index is 1680. The van der Waals surface area contributed by atoms with Crippen LogP contribution < -0.4 is 10.1 Å². The van der Waals surface area contributed by atoms with Crippen molar-refractivity contribution in [2.45, 2.75) is 25.3 Å². The topological polar surface area (TPSA) is 93.6 Å². The average molecular weight is 508 g/mol. The standard InChI is InChI=1S/C29H26FN7O/c1-36-16-25(35-29(36)20-7-8-20)19-5-3-18(4-6-19)24-14-27(34-17-33-24)32-11-12-37-21(15-31)13-22-26(38-2)10-9-23(30)28(22)37/h3-6,9-10,13-14,16-17,20H,7-8,11-12H2,1-2H3,(H,32,33,34). The van der Waals surface area contributed by atoms with Crippen molar-refractivity contribution in [3.63, 3.8) is 0 Å². The first-order valence-corrected chi connectivity index (χ1v) is 12.5. The van der Waals surface area contributed by atoms with E-state index in [-0.39, 0.29) is 0 Å². The van der Waals surface area contributed by atoms with Gasteiger partial charge in [0.1, 0.15) is 41.3 Å². The molecule has 3 aromatic heterocycles. The molecule has 0 saturated heterocycles. The highest BCUT2D eigenvalue weighted by Gasteiger charge is 2.28. The van der Waals surface area contributed by atoms with E-state index in [9.17, 15) is 9.65 Å². The molecule has 1 saturated carbocycles. The van der Waals surface area contributed by atoms with Gasteiger partial charge in [0.25, 0.3) is 0 Å². The first-order chi connectivity index (χ1) is 18.6. The molecule has 1 N–H and O–H groups in total. The van der Waals surface area contributed by atoms with Gasteiger partial charge in [0, 0.05) is 54.8 Å². The molecule has 0 aliphatic heterocycles. The highest BCUT2D eigenvalue weighted by atomic mass is 19.1. The van der Waals surface area contributed by atoms with E-state index in [4.69, 9.17) is 9.72 Å². The molecule has 0 unspecified atom stereocenters. The van der Waals surface area contributed by atoms with E-state index in [0.29, 0.717) is 47.2 Å². The molecule has 38 heavy (non-hydrogen) atoms. The number of methoxy groups -OCH3 is 1. The van der Waals surface area contributed by atoms with Gasteiger partial charge in [0.05, 0.1) is 24.0 Å². The van der Waals surface area contributed by atoms with Crippen molar-refractivity contribution in [2.24, 2.45) is 7.05 Å². The molecule has 6 rings (SSSR count). The van der Waals surface area contributed by atoms with E-state index < -0.39 is 5.82 Å². The normalized spacial score (nSPS) is 13.0. The van der Waals surface area contributed by atoms with Crippen molar-refractivity contribution >= 4 is 16.7 Å². The van der Waals surface area contributed by atoms with Crippen molar-refractivity contribution < 1.29 is 9.13 Å². The number of benzene rings is 2. The monoisotopic (exact) mass is 507 g/mol. The predicted octanol–water partition coefficient (Wildman–Crippen LogP) is 5.51. The minimum Gasteiger partial charge on any atom is -0.496 e. The summed E-state index contributed by atoms with van der Waals surface area (Å²) in [6.45, 7) is 0.810. The highest BCUT2D eigenvalue weighted by Crippen LogP contribution is 2.40. The molecule has 0 atom stereocenters. The zero-order valence-electron chi connectivity index (χ0n) is 21.1. The number of hydrogen-bond acceptors (Lipinski definition) is 6. The lowest BCUT2D eigenvalue weighted by atomic mass is 10.1. The molecule has 9 heteroatoms. The first kappa shape index (κ1) is 23.7. The van der Waals surface area contributed by atoms with Crippen LogP contribution >= 0.6 is 0 Å². The Morgan fingerprint density at radius 1 is 1.08 bits per heavy atom. The zero-order chi connectivity index (χ0) is 26.2. The van der Waals surface area contributed by atoms with Gasteiger partial charge in [0.2, 0.25) is 0 Å². The lowest BCUT2D eigenvalue weighted by molar-refractivity contribution is 0.419. The van der Waals surface area contributed by atoms with Crippen molar-refractivity contribution in [1.29, 1.82) is 5.26 Å². The average Bonchev–Trinajstić information content (AvgIpc) is 3.61. The Hall–Kier alpha value is -4.71. The number of rotatable bonds is 8. The molecule has 3 heterocycles. The van der Waals surface area contributed by atoms with E-state index in [1.165, 1.54) is 32.3 Å². The van der Waals surface area contributed by atoms with E-state index >= 15 is 0 Å². The summed E-state index contributed by atoms with van der Waals surface area (Å²) in [4.78, 5) is 13.6. The Morgan fingerprint density at radius 2 is 1.84 bits per heavy atom. The fourth-order valence-electron chi connectivity index (χ4n) is 4.87. The van der Waals surface area contributed by atoms with Crippen LogP contribution in [0.4, 0.5) is 10.2 Å². The molecule has 0 radical (unpaired) electrons. The number of ether oxygens (including phenoxy) is 1. The summed E-state index contributed by atoms with van der Waals surface area (Å²) in [7, 11) is 3.59. The van der Waals surface area contributed by atoms with Crippen molar-refractivity contribution in [2.75, 3.05) is 19.0 Å². The minimum absolute atomic E-state index is 0.350. The van der Waals surface area contributed by atoms with Gasteiger partial charge < -0.3 is 19.2 Å². The smallest absolute Gasteiger partial charge is 0.147 e. The van der Waals surface area contributed by atoms with E-state index in [0.717, 1.165) is 28.3 Å². The number of halogens is 1. The fraction of sp³-hybridized carbons (Fsp3) is 0.241. The maximum absolute atomic E-state index is 14.7. The number of fused-ring (bicyclic) bond motifs is 1. The molecule has 0 amide bonds. The number of hydrogen-bond donors (Lipinski definition) is 1. The summed E-state index contributed by atoms with van der Waals surface area (Å²) in [5.74, 6) is 2.54. The number of nitrogens with one attached hydrogen (secondary N) is 1. The molecule has 1 fully saturated rings. The van der Waals surface area contributed by atoms with Gasteiger partial charge in [-0.05, 0) is 31.0 Å². The maximum atomic E-state index is 14.7. The Labute approximate surface area is 219 Å². The third-order valence-electron chi connectivity index (χ3n) is 6.94. The quantitative estimate of drug-likeness (QED) is 0.298. The Morgan fingerprint density at radius 3 is 2.55 bits per heavy atom. The van der Waals surface area contributed by atoms with Gasteiger partial charge in [0.15, 0.2) is 0 Å². The summed E-state index contributed by atoms with van der Waals surface area (Å²) in [5.41, 5.74) is 4.52. The van der Waals surface area contributed by atoms with Crippen molar-refractivity contribution in [3.8, 4) is 34.3 Å². The van der Waals surface area contributed by atoms with Gasteiger partial charge in [-0.1, -0.05) is 24.3 Å². The summed E-state index contributed by atoms with van der Waals surface area (Å²) in [6.07, 6.45) is 6.05. The van der Waals surface area contributed by atoms with Crippen LogP contribution in [0.25, 0.3) is 33.4 Å². The third-order valence-corrected chi connectivity index (χ3v) is 6.94. The van der Waals surface area contributed by atoms with Crippen LogP contribution in [0.2, 0.25) is 0 Å². The second-order valence-corrected chi connectivity index (χ2v) is 9.47. The zero-order valence-corrected chi connectivity index (χ0v) is 21.1. The lowest BCUT2D eigenvalue weighted by Gasteiger charge is -2.11. The molecule has 190 valence electrons. The van der Waals surface area contributed by atoms with Gasteiger partial charge >= 0.3 is 0 Å². The molecular weight excluding hydrogens is 481 g/mol. The summed E-state index contributed by atoms with van der Waals surface area (Å²) in [6, 6.07) is 16.8. The second kappa shape index (κ2) is 9.63. The number of nitriles is 1. The molecule has 8 nitrogen and oxygen atoms in total. The SMILES string of the molecule is COc1ccc(F)c2c1cc(C#N)n2CCNc1cc(-c2ccc(-c3cn(C)c(C4CC4)n3)cc2)ncn1. The number of aryl methyl sites for hydroxylation is 1.